The fourth-order valence-electron chi connectivity index (χ4n) is 2.77. The van der Waals surface area contributed by atoms with E-state index in [1.165, 1.54) is 11.1 Å². The van der Waals surface area contributed by atoms with Crippen molar-refractivity contribution in [2.45, 2.75) is 25.3 Å². The average molecular weight is 283 g/mol. The Balaban J connectivity index is 1.79. The minimum absolute atomic E-state index is 0.405. The van der Waals surface area contributed by atoms with Gasteiger partial charge in [0, 0.05) is 17.8 Å². The minimum atomic E-state index is 0.405. The zero-order chi connectivity index (χ0) is 13.9. The van der Waals surface area contributed by atoms with Gasteiger partial charge >= 0.3 is 0 Å². The van der Waals surface area contributed by atoms with E-state index < -0.39 is 0 Å². The number of pyridine rings is 1. The molecule has 3 nitrogen and oxygen atoms in total. The second kappa shape index (κ2) is 5.59. The molecule has 3 rings (SSSR count). The maximum absolute atomic E-state index is 5.76. The summed E-state index contributed by atoms with van der Waals surface area (Å²) in [6.07, 6.45) is 6.77. The number of nitrogens with one attached hydrogen (secondary N) is 1. The second-order valence-corrected chi connectivity index (χ2v) is 5.58. The summed E-state index contributed by atoms with van der Waals surface area (Å²) in [5.74, 6) is 0. The quantitative estimate of drug-likeness (QED) is 0.850. The summed E-state index contributed by atoms with van der Waals surface area (Å²) in [6.45, 7) is 0. The fraction of sp³-hybridized carbons (Fsp3) is 0.250. The molecular weight excluding hydrogens is 266 g/mol. The van der Waals surface area contributed by atoms with E-state index >= 15 is 0 Å². The molecule has 1 heterocycles. The van der Waals surface area contributed by atoms with Gasteiger partial charge in [0.15, 0.2) is 0 Å². The summed E-state index contributed by atoms with van der Waals surface area (Å²) in [4.78, 5) is 4.57. The fourth-order valence-corrected chi connectivity index (χ4v) is 2.94. The van der Waals surface area contributed by atoms with E-state index in [-0.39, 0.29) is 0 Å². The molecule has 0 spiro atoms. The molecule has 0 saturated carbocycles. The number of hydrogen-bond donors (Lipinski definition) is 2. The first-order chi connectivity index (χ1) is 9.74. The van der Waals surface area contributed by atoms with Gasteiger partial charge in [-0.15, -0.1) is 0 Å². The van der Waals surface area contributed by atoms with Gasteiger partial charge in [0.25, 0.3) is 0 Å². The zero-order valence-corrected chi connectivity index (χ0v) is 12.0. The lowest BCUT2D eigenvalue weighted by Gasteiger charge is -2.27. The van der Waals surface area contributed by atoms with Gasteiger partial charge in [-0.05, 0) is 36.5 Å². The van der Waals surface area contributed by atoms with E-state index in [1.807, 2.05) is 6.07 Å². The smallest absolute Gasteiger partial charge is 0.106 e. The summed E-state index contributed by atoms with van der Waals surface area (Å²) in [5, 5.41) is 3.54. The van der Waals surface area contributed by atoms with Crippen LogP contribution in [0.25, 0.3) is 0 Å². The Morgan fingerprint density at radius 2 is 2.05 bits per heavy atom. The molecule has 0 saturated heterocycles. The molecule has 20 heavy (non-hydrogen) atoms. The summed E-state index contributed by atoms with van der Waals surface area (Å²) in [7, 11) is 0. The average Bonchev–Trinajstić information content (AvgIpc) is 2.47. The van der Waals surface area contributed by atoms with E-state index in [1.54, 1.807) is 12.4 Å². The highest BCUT2D eigenvalue weighted by atomic mass is 32.1. The predicted octanol–water partition coefficient (Wildman–Crippen LogP) is 2.69. The molecule has 0 radical (unpaired) electrons. The van der Waals surface area contributed by atoms with Crippen molar-refractivity contribution in [3.05, 3.63) is 59.4 Å². The van der Waals surface area contributed by atoms with Crippen molar-refractivity contribution in [2.75, 3.05) is 5.32 Å². The highest BCUT2D eigenvalue weighted by Crippen LogP contribution is 2.24. The highest BCUT2D eigenvalue weighted by molar-refractivity contribution is 7.80. The Labute approximate surface area is 124 Å². The predicted molar refractivity (Wildman–Crippen MR) is 86.0 cm³/mol. The third-order valence-corrected chi connectivity index (χ3v) is 4.01. The minimum Gasteiger partial charge on any atom is -0.389 e. The van der Waals surface area contributed by atoms with Crippen molar-refractivity contribution in [3.8, 4) is 0 Å². The Kier molecular flexibility index (Phi) is 3.65. The van der Waals surface area contributed by atoms with Crippen LogP contribution in [0.1, 0.15) is 23.1 Å². The molecule has 0 aliphatic heterocycles. The number of rotatable bonds is 3. The molecule has 1 aromatic heterocycles. The van der Waals surface area contributed by atoms with Crippen LogP contribution in [-0.4, -0.2) is 16.0 Å². The van der Waals surface area contributed by atoms with Gasteiger partial charge in [-0.25, -0.2) is 0 Å². The second-order valence-electron chi connectivity index (χ2n) is 5.14. The lowest BCUT2D eigenvalue weighted by molar-refractivity contribution is 0.610. The molecule has 1 aliphatic rings. The number of anilines is 1. The Morgan fingerprint density at radius 1 is 1.25 bits per heavy atom. The monoisotopic (exact) mass is 283 g/mol. The normalized spacial score (nSPS) is 17.3. The van der Waals surface area contributed by atoms with Crippen molar-refractivity contribution in [1.82, 2.24) is 4.98 Å². The van der Waals surface area contributed by atoms with Crippen LogP contribution in [0.15, 0.2) is 42.7 Å². The lowest BCUT2D eigenvalue weighted by atomic mass is 9.88. The highest BCUT2D eigenvalue weighted by Gasteiger charge is 2.19. The van der Waals surface area contributed by atoms with Gasteiger partial charge in [-0.3, -0.25) is 4.98 Å². The maximum Gasteiger partial charge on any atom is 0.106 e. The van der Waals surface area contributed by atoms with E-state index in [4.69, 9.17) is 18.0 Å². The summed E-state index contributed by atoms with van der Waals surface area (Å²) >= 11 is 5.09. The molecule has 0 fully saturated rings. The van der Waals surface area contributed by atoms with Crippen LogP contribution in [0.2, 0.25) is 0 Å². The largest absolute Gasteiger partial charge is 0.389 e. The van der Waals surface area contributed by atoms with Crippen molar-refractivity contribution < 1.29 is 0 Å². The number of fused-ring (bicyclic) bond motifs is 1. The molecule has 1 atom stereocenters. The topological polar surface area (TPSA) is 50.9 Å². The summed E-state index contributed by atoms with van der Waals surface area (Å²) < 4.78 is 0. The standard InChI is InChI=1S/C16H17N3S/c17-16(20)14-7-8-18-10-15(14)19-13-6-5-11-3-1-2-4-12(11)9-13/h1-4,7-8,10,13,19H,5-6,9H2,(H2,17,20). The number of nitrogens with zero attached hydrogens (tertiary/aromatic N) is 1. The Morgan fingerprint density at radius 3 is 2.85 bits per heavy atom. The van der Waals surface area contributed by atoms with Crippen LogP contribution in [0.3, 0.4) is 0 Å². The number of aromatic nitrogens is 1. The zero-order valence-electron chi connectivity index (χ0n) is 11.2. The van der Waals surface area contributed by atoms with Gasteiger partial charge in [0.05, 0.1) is 11.9 Å². The molecule has 0 amide bonds. The molecule has 2 aromatic rings. The van der Waals surface area contributed by atoms with Crippen LogP contribution in [0.5, 0.6) is 0 Å². The molecule has 4 heteroatoms. The molecule has 102 valence electrons. The van der Waals surface area contributed by atoms with Gasteiger partial charge < -0.3 is 11.1 Å². The third kappa shape index (κ3) is 2.65. The molecular formula is C16H17N3S. The van der Waals surface area contributed by atoms with Crippen molar-refractivity contribution >= 4 is 22.9 Å². The number of hydrogen-bond acceptors (Lipinski definition) is 3. The van der Waals surface area contributed by atoms with E-state index in [0.29, 0.717) is 11.0 Å². The Hall–Kier alpha value is -1.94. The maximum atomic E-state index is 5.76. The first kappa shape index (κ1) is 13.1. The van der Waals surface area contributed by atoms with Crippen LogP contribution in [0, 0.1) is 0 Å². The molecule has 3 N–H and O–H groups in total. The van der Waals surface area contributed by atoms with E-state index in [9.17, 15) is 0 Å². The first-order valence-corrected chi connectivity index (χ1v) is 7.22. The SMILES string of the molecule is NC(=S)c1ccncc1NC1CCc2ccccc2C1. The van der Waals surface area contributed by atoms with Crippen LogP contribution in [-0.2, 0) is 12.8 Å². The van der Waals surface area contributed by atoms with Crippen molar-refractivity contribution in [3.63, 3.8) is 0 Å². The number of benzene rings is 1. The van der Waals surface area contributed by atoms with Crippen molar-refractivity contribution in [1.29, 1.82) is 0 Å². The van der Waals surface area contributed by atoms with Gasteiger partial charge in [0.2, 0.25) is 0 Å². The summed E-state index contributed by atoms with van der Waals surface area (Å²) in [6, 6.07) is 10.9. The lowest BCUT2D eigenvalue weighted by Crippen LogP contribution is -2.28. The molecule has 0 bridgehead atoms. The summed E-state index contributed by atoms with van der Waals surface area (Å²) in [5.41, 5.74) is 10.5. The van der Waals surface area contributed by atoms with Crippen LogP contribution in [0.4, 0.5) is 5.69 Å². The molecule has 1 aromatic carbocycles. The van der Waals surface area contributed by atoms with Gasteiger partial charge in [-0.2, -0.15) is 0 Å². The van der Waals surface area contributed by atoms with Crippen LogP contribution < -0.4 is 11.1 Å². The molecule has 1 unspecified atom stereocenters. The Bertz CT molecular complexity index is 639. The van der Waals surface area contributed by atoms with E-state index in [2.05, 4.69) is 34.6 Å². The first-order valence-electron chi connectivity index (χ1n) is 6.81. The van der Waals surface area contributed by atoms with Gasteiger partial charge in [0.1, 0.15) is 4.99 Å². The van der Waals surface area contributed by atoms with Crippen molar-refractivity contribution in [2.24, 2.45) is 5.73 Å². The third-order valence-electron chi connectivity index (χ3n) is 3.79. The number of nitrogens with two attached hydrogens (primary N) is 1. The van der Waals surface area contributed by atoms with Gasteiger partial charge in [-0.1, -0.05) is 36.5 Å². The number of aryl methyl sites for hydroxylation is 1. The van der Waals surface area contributed by atoms with Crippen LogP contribution >= 0.6 is 12.2 Å². The van der Waals surface area contributed by atoms with E-state index in [0.717, 1.165) is 30.5 Å². The molecule has 1 aliphatic carbocycles. The number of thiocarbonyl (C=S) groups is 1.